The van der Waals surface area contributed by atoms with E-state index < -0.39 is 35.5 Å². The summed E-state index contributed by atoms with van der Waals surface area (Å²) in [4.78, 5) is 5.58. The number of fused-ring (bicyclic) bond motifs is 3. The van der Waals surface area contributed by atoms with Crippen molar-refractivity contribution in [2.45, 2.75) is 31.2 Å². The van der Waals surface area contributed by atoms with Crippen LogP contribution in [-0.4, -0.2) is 36.7 Å². The first-order valence-electron chi connectivity index (χ1n) is 8.44. The van der Waals surface area contributed by atoms with Gasteiger partial charge in [0.2, 0.25) is 0 Å². The van der Waals surface area contributed by atoms with Gasteiger partial charge in [-0.15, -0.1) is 0 Å². The lowest BCUT2D eigenvalue weighted by atomic mass is 9.86. The average Bonchev–Trinajstić information content (AvgIpc) is 2.88. The van der Waals surface area contributed by atoms with Crippen LogP contribution in [0.15, 0.2) is 46.8 Å². The van der Waals surface area contributed by atoms with Crippen molar-refractivity contribution < 1.29 is 35.8 Å². The fourth-order valence-corrected chi connectivity index (χ4v) is 3.69. The van der Waals surface area contributed by atoms with E-state index in [-0.39, 0.29) is 24.7 Å². The predicted octanol–water partition coefficient (Wildman–Crippen LogP) is 4.49. The number of halogens is 6. The zero-order valence-electron chi connectivity index (χ0n) is 14.3. The third-order valence-electron chi connectivity index (χ3n) is 4.82. The fraction of sp³-hybridized carbons (Fsp3) is 0.389. The summed E-state index contributed by atoms with van der Waals surface area (Å²) in [6.45, 7) is -3.19. The Morgan fingerprint density at radius 3 is 2.75 bits per heavy atom. The molecule has 3 heterocycles. The molecule has 0 aromatic heterocycles. The Bertz CT molecular complexity index is 893. The van der Waals surface area contributed by atoms with Crippen LogP contribution >= 0.6 is 0 Å². The number of hydrogen-bond donors (Lipinski definition) is 0. The topological polar surface area (TPSA) is 34.1 Å². The van der Waals surface area contributed by atoms with E-state index in [4.69, 9.17) is 4.74 Å². The van der Waals surface area contributed by atoms with Crippen LogP contribution in [0.1, 0.15) is 18.4 Å². The van der Waals surface area contributed by atoms with Gasteiger partial charge in [0.05, 0.1) is 18.7 Å². The van der Waals surface area contributed by atoms with E-state index in [1.807, 2.05) is 0 Å². The molecular formula is C18H14F6N2O2. The van der Waals surface area contributed by atoms with Crippen LogP contribution in [0.5, 0.6) is 5.75 Å². The quantitative estimate of drug-likeness (QED) is 0.682. The summed E-state index contributed by atoms with van der Waals surface area (Å²) in [5.41, 5.74) is -1.90. The van der Waals surface area contributed by atoms with Crippen molar-refractivity contribution in [3.63, 3.8) is 0 Å². The van der Waals surface area contributed by atoms with Gasteiger partial charge in [-0.1, -0.05) is 12.1 Å². The smallest absolute Gasteiger partial charge is 0.417 e. The molecular weight excluding hydrogens is 390 g/mol. The van der Waals surface area contributed by atoms with Gasteiger partial charge in [-0.3, -0.25) is 4.99 Å². The zero-order chi connectivity index (χ0) is 20.1. The third-order valence-corrected chi connectivity index (χ3v) is 4.82. The Balaban J connectivity index is 1.83. The molecule has 150 valence electrons. The van der Waals surface area contributed by atoms with Crippen molar-refractivity contribution in [3.8, 4) is 5.75 Å². The number of alkyl halides is 5. The molecule has 1 aromatic carbocycles. The lowest BCUT2D eigenvalue weighted by Gasteiger charge is -2.28. The third kappa shape index (κ3) is 3.10. The molecule has 0 N–H and O–H groups in total. The second kappa shape index (κ2) is 6.46. The lowest BCUT2D eigenvalue weighted by Crippen LogP contribution is -2.35. The molecule has 3 aliphatic rings. The van der Waals surface area contributed by atoms with E-state index in [1.54, 1.807) is 6.07 Å². The van der Waals surface area contributed by atoms with Crippen LogP contribution in [0.25, 0.3) is 0 Å². The number of aliphatic imine (C=N–C) groups is 1. The molecule has 0 bridgehead atoms. The number of allylic oxidation sites excluding steroid dienone is 2. The van der Waals surface area contributed by atoms with Gasteiger partial charge in [0.15, 0.2) is 23.2 Å². The molecule has 4 rings (SSSR count). The summed E-state index contributed by atoms with van der Waals surface area (Å²) in [5.74, 6) is -1.46. The molecule has 10 heteroatoms. The van der Waals surface area contributed by atoms with Gasteiger partial charge in [-0.25, -0.2) is 4.39 Å². The largest absolute Gasteiger partial charge is 0.490 e. The van der Waals surface area contributed by atoms with Gasteiger partial charge < -0.3 is 14.4 Å². The number of rotatable bonds is 2. The van der Waals surface area contributed by atoms with E-state index in [9.17, 15) is 26.3 Å². The second-order valence-corrected chi connectivity index (χ2v) is 6.63. The number of amidine groups is 1. The molecule has 0 saturated heterocycles. The van der Waals surface area contributed by atoms with Crippen molar-refractivity contribution in [3.05, 3.63) is 53.2 Å². The van der Waals surface area contributed by atoms with Crippen molar-refractivity contribution >= 4 is 5.84 Å². The Morgan fingerprint density at radius 2 is 2.04 bits per heavy atom. The van der Waals surface area contributed by atoms with Crippen LogP contribution in [0.3, 0.4) is 0 Å². The second-order valence-electron chi connectivity index (χ2n) is 6.63. The molecule has 28 heavy (non-hydrogen) atoms. The minimum absolute atomic E-state index is 0.0236. The maximum Gasteiger partial charge on any atom is 0.417 e. The highest BCUT2D eigenvalue weighted by atomic mass is 19.4. The molecule has 1 aromatic rings. The zero-order valence-corrected chi connectivity index (χ0v) is 14.3. The number of para-hydroxylation sites is 1. The van der Waals surface area contributed by atoms with Crippen LogP contribution in [0.4, 0.5) is 26.3 Å². The monoisotopic (exact) mass is 404 g/mol. The van der Waals surface area contributed by atoms with Crippen LogP contribution < -0.4 is 4.74 Å². The van der Waals surface area contributed by atoms with Crippen LogP contribution in [0, 0.1) is 5.82 Å². The van der Waals surface area contributed by atoms with Gasteiger partial charge in [-0.05, 0) is 25.0 Å². The van der Waals surface area contributed by atoms with Crippen molar-refractivity contribution in [1.29, 1.82) is 0 Å². The minimum atomic E-state index is -4.76. The molecule has 3 aliphatic heterocycles. The van der Waals surface area contributed by atoms with Gasteiger partial charge in [0.25, 0.3) is 0 Å². The van der Waals surface area contributed by atoms with Crippen molar-refractivity contribution in [2.24, 2.45) is 4.99 Å². The average molecular weight is 404 g/mol. The molecule has 0 unspecified atom stereocenters. The van der Waals surface area contributed by atoms with Gasteiger partial charge in [-0.2, -0.15) is 22.0 Å². The van der Waals surface area contributed by atoms with Crippen molar-refractivity contribution in [2.75, 3.05) is 13.2 Å². The Kier molecular flexibility index (Phi) is 4.31. The van der Waals surface area contributed by atoms with Gasteiger partial charge in [0, 0.05) is 11.8 Å². The Morgan fingerprint density at radius 1 is 1.25 bits per heavy atom. The first-order valence-corrected chi connectivity index (χ1v) is 8.44. The summed E-state index contributed by atoms with van der Waals surface area (Å²) >= 11 is 0. The summed E-state index contributed by atoms with van der Waals surface area (Å²) in [6, 6.07) is 4.24. The number of ether oxygens (including phenoxy) is 2. The maximum atomic E-state index is 14.2. The van der Waals surface area contributed by atoms with E-state index in [0.29, 0.717) is 24.5 Å². The minimum Gasteiger partial charge on any atom is -0.490 e. The summed E-state index contributed by atoms with van der Waals surface area (Å²) < 4.78 is 89.2. The van der Waals surface area contributed by atoms with E-state index in [1.165, 1.54) is 12.1 Å². The van der Waals surface area contributed by atoms with Gasteiger partial charge >= 0.3 is 12.8 Å². The lowest BCUT2D eigenvalue weighted by molar-refractivity contribution is -0.0981. The predicted molar refractivity (Wildman–Crippen MR) is 86.3 cm³/mol. The Labute approximate surface area is 155 Å². The molecule has 0 saturated carbocycles. The normalized spacial score (nSPS) is 24.1. The number of benzene rings is 1. The standard InChI is InChI=1S/C18H14F6N2O2/c19-12-4-1-3-11-14(12)27-6-2-5-17(11)9-26-8-10(18(22,23)24)7-13(15(26)25-17)28-16(20)21/h1,3-4,7-8,16H,2,5-6,9H2/t17-/m1/s1. The SMILES string of the molecule is Fc1cccc2c1OCCC[C@@]21CN2C=C(C(F)(F)F)C=C(OC(F)F)C2=N1. The summed E-state index contributed by atoms with van der Waals surface area (Å²) in [5, 5.41) is 0. The van der Waals surface area contributed by atoms with Gasteiger partial charge in [0.1, 0.15) is 5.54 Å². The van der Waals surface area contributed by atoms with E-state index in [0.717, 1.165) is 11.1 Å². The van der Waals surface area contributed by atoms with Crippen LogP contribution in [-0.2, 0) is 10.3 Å². The van der Waals surface area contributed by atoms with E-state index in [2.05, 4.69) is 9.73 Å². The molecule has 4 nitrogen and oxygen atoms in total. The first-order chi connectivity index (χ1) is 13.2. The maximum absolute atomic E-state index is 14.2. The molecule has 0 fully saturated rings. The fourth-order valence-electron chi connectivity index (χ4n) is 3.69. The highest BCUT2D eigenvalue weighted by Gasteiger charge is 2.48. The first kappa shape index (κ1) is 18.7. The summed E-state index contributed by atoms with van der Waals surface area (Å²) in [6.07, 6.45) is -2.64. The molecule has 0 aliphatic carbocycles. The molecule has 1 spiro atoms. The molecule has 0 amide bonds. The molecule has 0 radical (unpaired) electrons. The number of hydrogen-bond acceptors (Lipinski definition) is 4. The number of nitrogens with zero attached hydrogens (tertiary/aromatic N) is 2. The van der Waals surface area contributed by atoms with E-state index >= 15 is 0 Å². The highest BCUT2D eigenvalue weighted by Crippen LogP contribution is 2.46. The Hall–Kier alpha value is -2.65. The summed E-state index contributed by atoms with van der Waals surface area (Å²) in [7, 11) is 0. The van der Waals surface area contributed by atoms with Crippen LogP contribution in [0.2, 0.25) is 0 Å². The highest BCUT2D eigenvalue weighted by molar-refractivity contribution is 6.00. The van der Waals surface area contributed by atoms with Crippen molar-refractivity contribution in [1.82, 2.24) is 4.90 Å². The molecule has 1 atom stereocenters.